The normalized spacial score (nSPS) is 18.0. The minimum Gasteiger partial charge on any atom is -0.493 e. The number of amides is 3. The molecule has 1 unspecified atom stereocenters. The molecular weight excluding hydrogens is 646 g/mol. The summed E-state index contributed by atoms with van der Waals surface area (Å²) in [7, 11) is 0. The summed E-state index contributed by atoms with van der Waals surface area (Å²) in [6.07, 6.45) is -9.00. The number of alkyl halides is 6. The van der Waals surface area contributed by atoms with Gasteiger partial charge in [0.2, 0.25) is 6.79 Å². The second-order valence-electron chi connectivity index (χ2n) is 11.8. The summed E-state index contributed by atoms with van der Waals surface area (Å²) in [6.45, 7) is 4.14. The van der Waals surface area contributed by atoms with Gasteiger partial charge in [-0.3, -0.25) is 9.69 Å². The van der Waals surface area contributed by atoms with Crippen LogP contribution in [0.5, 0.6) is 17.2 Å². The summed E-state index contributed by atoms with van der Waals surface area (Å²) in [5, 5.41) is 12.5. The van der Waals surface area contributed by atoms with Crippen molar-refractivity contribution in [1.29, 1.82) is 0 Å². The van der Waals surface area contributed by atoms with E-state index in [0.29, 0.717) is 84.8 Å². The number of nitrogens with one attached hydrogen (secondary N) is 1. The van der Waals surface area contributed by atoms with E-state index in [1.165, 1.54) is 4.90 Å². The van der Waals surface area contributed by atoms with Gasteiger partial charge in [0.15, 0.2) is 11.5 Å². The van der Waals surface area contributed by atoms with Gasteiger partial charge in [-0.15, -0.1) is 0 Å². The van der Waals surface area contributed by atoms with E-state index >= 15 is 0 Å². The van der Waals surface area contributed by atoms with E-state index in [9.17, 15) is 41.0 Å². The topological polar surface area (TPSA) is 97.3 Å². The standard InChI is InChI=1S/C34H34F6N2O6/c1-3-8-25-24(21-11-13-22(14-12-21)32(45,33(35,36)37)34(38,39)40)9-7-10-26(25)46-18-6-4-5-17-42-29(43)31(2,41-30(42)44)23-15-16-27-28(19-23)48-20-47-27/h7,9-16,19,45H,3-6,8,17-18,20H2,1-2H3,(H,41,44). The number of ether oxygens (including phenoxy) is 3. The number of unbranched alkanes of at least 4 members (excludes halogenated alkanes) is 2. The van der Waals surface area contributed by atoms with Crippen molar-refractivity contribution >= 4 is 11.9 Å². The Morgan fingerprint density at radius 3 is 2.27 bits per heavy atom. The van der Waals surface area contributed by atoms with E-state index in [0.717, 1.165) is 17.7 Å². The first-order valence-electron chi connectivity index (χ1n) is 15.4. The highest BCUT2D eigenvalue weighted by Crippen LogP contribution is 2.50. The number of benzene rings is 3. The lowest BCUT2D eigenvalue weighted by Crippen LogP contribution is -2.53. The Bertz CT molecular complexity index is 1650. The van der Waals surface area contributed by atoms with Gasteiger partial charge in [-0.2, -0.15) is 26.3 Å². The number of rotatable bonds is 12. The molecule has 1 atom stereocenters. The molecule has 5 rings (SSSR count). The molecule has 0 aromatic heterocycles. The monoisotopic (exact) mass is 680 g/mol. The molecule has 0 spiro atoms. The van der Waals surface area contributed by atoms with E-state index in [2.05, 4.69) is 5.32 Å². The SMILES string of the molecule is CCCc1c(OCCCCCN2C(=O)NC(C)(c3ccc4c(c3)OCO4)C2=O)cccc1-c1ccc(C(O)(C(F)(F)F)C(F)(F)F)cc1. The number of imide groups is 1. The third kappa shape index (κ3) is 6.37. The first-order valence-corrected chi connectivity index (χ1v) is 15.4. The number of hydrogen-bond acceptors (Lipinski definition) is 6. The van der Waals surface area contributed by atoms with Crippen LogP contribution in [0.25, 0.3) is 11.1 Å². The van der Waals surface area contributed by atoms with Crippen LogP contribution < -0.4 is 19.5 Å². The van der Waals surface area contributed by atoms with Crippen LogP contribution in [0.4, 0.5) is 31.1 Å². The number of nitrogens with zero attached hydrogens (tertiary/aromatic N) is 1. The maximum Gasteiger partial charge on any atom is 0.430 e. The predicted molar refractivity (Wildman–Crippen MR) is 161 cm³/mol. The van der Waals surface area contributed by atoms with Gasteiger partial charge >= 0.3 is 18.4 Å². The van der Waals surface area contributed by atoms with E-state index in [1.807, 2.05) is 6.92 Å². The molecule has 1 saturated heterocycles. The molecule has 3 amide bonds. The Kier molecular flexibility index (Phi) is 9.60. The molecule has 3 aromatic rings. The number of hydrogen-bond donors (Lipinski definition) is 2. The summed E-state index contributed by atoms with van der Waals surface area (Å²) in [5.41, 5.74) is -5.34. The second-order valence-corrected chi connectivity index (χ2v) is 11.8. The zero-order valence-electron chi connectivity index (χ0n) is 26.1. The fourth-order valence-electron chi connectivity index (χ4n) is 5.89. The summed E-state index contributed by atoms with van der Waals surface area (Å²) in [5.74, 6) is 1.21. The minimum atomic E-state index is -5.97. The number of aliphatic hydroxyl groups is 1. The molecule has 8 nitrogen and oxygen atoms in total. The highest BCUT2D eigenvalue weighted by atomic mass is 19.4. The molecule has 2 aliphatic rings. The molecular formula is C34H34F6N2O6. The average Bonchev–Trinajstić information content (AvgIpc) is 3.59. The summed E-state index contributed by atoms with van der Waals surface area (Å²) < 4.78 is 96.8. The summed E-state index contributed by atoms with van der Waals surface area (Å²) >= 11 is 0. The Balaban J connectivity index is 1.19. The van der Waals surface area contributed by atoms with Gasteiger partial charge in [0.05, 0.1) is 6.61 Å². The van der Waals surface area contributed by atoms with Gasteiger partial charge in [0.1, 0.15) is 11.3 Å². The van der Waals surface area contributed by atoms with E-state index < -0.39 is 35.1 Å². The van der Waals surface area contributed by atoms with Crippen molar-refractivity contribution in [2.45, 2.75) is 69.4 Å². The Labute approximate surface area is 272 Å². The molecule has 2 N–H and O–H groups in total. The van der Waals surface area contributed by atoms with Crippen molar-refractivity contribution in [1.82, 2.24) is 10.2 Å². The highest BCUT2D eigenvalue weighted by Gasteiger charge is 2.71. The van der Waals surface area contributed by atoms with Crippen LogP contribution in [0.2, 0.25) is 0 Å². The fraction of sp³-hybridized carbons (Fsp3) is 0.412. The number of carbonyl (C=O) groups excluding carboxylic acids is 2. The number of carbonyl (C=O) groups is 2. The molecule has 48 heavy (non-hydrogen) atoms. The van der Waals surface area contributed by atoms with Crippen LogP contribution in [0, 0.1) is 0 Å². The Morgan fingerprint density at radius 1 is 0.917 bits per heavy atom. The van der Waals surface area contributed by atoms with Gasteiger partial charge in [0, 0.05) is 17.7 Å². The first-order chi connectivity index (χ1) is 22.6. The van der Waals surface area contributed by atoms with Gasteiger partial charge in [-0.05, 0) is 67.5 Å². The smallest absolute Gasteiger partial charge is 0.430 e. The van der Waals surface area contributed by atoms with Crippen molar-refractivity contribution in [3.63, 3.8) is 0 Å². The molecule has 258 valence electrons. The molecule has 2 aliphatic heterocycles. The molecule has 0 bridgehead atoms. The lowest BCUT2D eigenvalue weighted by molar-refractivity contribution is -0.376. The molecule has 1 fully saturated rings. The van der Waals surface area contributed by atoms with Crippen molar-refractivity contribution < 1.29 is 55.2 Å². The average molecular weight is 681 g/mol. The Morgan fingerprint density at radius 2 is 1.60 bits per heavy atom. The summed E-state index contributed by atoms with van der Waals surface area (Å²) in [4.78, 5) is 27.2. The largest absolute Gasteiger partial charge is 0.493 e. The number of urea groups is 1. The van der Waals surface area contributed by atoms with Crippen LogP contribution in [-0.2, 0) is 22.4 Å². The van der Waals surface area contributed by atoms with Crippen molar-refractivity contribution in [2.75, 3.05) is 19.9 Å². The summed E-state index contributed by atoms with van der Waals surface area (Å²) in [6, 6.07) is 13.2. The van der Waals surface area contributed by atoms with Crippen molar-refractivity contribution in [3.8, 4) is 28.4 Å². The lowest BCUT2D eigenvalue weighted by atomic mass is 9.89. The fourth-order valence-corrected chi connectivity index (χ4v) is 5.89. The van der Waals surface area contributed by atoms with Crippen molar-refractivity contribution in [3.05, 3.63) is 77.4 Å². The molecule has 14 heteroatoms. The molecule has 2 heterocycles. The molecule has 0 aliphatic carbocycles. The first kappa shape index (κ1) is 34.9. The quantitative estimate of drug-likeness (QED) is 0.118. The predicted octanol–water partition coefficient (Wildman–Crippen LogP) is 7.36. The van der Waals surface area contributed by atoms with E-state index in [-0.39, 0.29) is 19.2 Å². The van der Waals surface area contributed by atoms with Crippen LogP contribution >= 0.6 is 0 Å². The van der Waals surface area contributed by atoms with Gasteiger partial charge in [-0.25, -0.2) is 4.79 Å². The number of fused-ring (bicyclic) bond motifs is 1. The van der Waals surface area contributed by atoms with Crippen LogP contribution in [0.1, 0.15) is 56.2 Å². The molecule has 0 radical (unpaired) electrons. The van der Waals surface area contributed by atoms with Crippen molar-refractivity contribution in [2.24, 2.45) is 0 Å². The second kappa shape index (κ2) is 13.2. The van der Waals surface area contributed by atoms with Gasteiger partial charge in [-0.1, -0.05) is 55.8 Å². The number of halogens is 6. The molecule has 0 saturated carbocycles. The van der Waals surface area contributed by atoms with Gasteiger partial charge < -0.3 is 24.6 Å². The maximum atomic E-state index is 13.3. The minimum absolute atomic E-state index is 0.0828. The zero-order chi connectivity index (χ0) is 34.9. The van der Waals surface area contributed by atoms with Gasteiger partial charge in [0.25, 0.3) is 11.5 Å². The lowest BCUT2D eigenvalue weighted by Gasteiger charge is -2.32. The van der Waals surface area contributed by atoms with Crippen LogP contribution in [-0.4, -0.2) is 54.2 Å². The zero-order valence-corrected chi connectivity index (χ0v) is 26.1. The third-order valence-electron chi connectivity index (χ3n) is 8.58. The van der Waals surface area contributed by atoms with E-state index in [4.69, 9.17) is 14.2 Å². The third-order valence-corrected chi connectivity index (χ3v) is 8.58. The van der Waals surface area contributed by atoms with Crippen LogP contribution in [0.15, 0.2) is 60.7 Å². The maximum absolute atomic E-state index is 13.3. The molecule has 3 aromatic carbocycles. The highest BCUT2D eigenvalue weighted by molar-refractivity contribution is 6.07. The Hall–Kier alpha value is -4.46. The van der Waals surface area contributed by atoms with Crippen LogP contribution in [0.3, 0.4) is 0 Å². The van der Waals surface area contributed by atoms with E-state index in [1.54, 1.807) is 43.3 Å².